The number of esters is 2. The Morgan fingerprint density at radius 1 is 0.576 bits per heavy atom. The molecule has 5 N–H and O–H groups in total. The van der Waals surface area contributed by atoms with Crippen LogP contribution in [0.25, 0.3) is 0 Å². The van der Waals surface area contributed by atoms with E-state index in [9.17, 15) is 34.4 Å². The van der Waals surface area contributed by atoms with Gasteiger partial charge in [0.15, 0.2) is 6.10 Å². The molecule has 0 aliphatic rings. The number of aliphatic hydroxyl groups excluding tert-OH is 4. The van der Waals surface area contributed by atoms with Gasteiger partial charge in [0.05, 0.1) is 32.0 Å². The monoisotopic (exact) mass is 850 g/mol. The van der Waals surface area contributed by atoms with Crippen LogP contribution >= 0.6 is 7.82 Å². The predicted octanol–water partition coefficient (Wildman–Crippen LogP) is 9.16. The molecular weight excluding hydrogens is 775 g/mol. The lowest BCUT2D eigenvalue weighted by atomic mass is 10.0. The van der Waals surface area contributed by atoms with Gasteiger partial charge in [0.25, 0.3) is 0 Å². The Hall–Kier alpha value is -3.19. The topological polar surface area (TPSA) is 189 Å². The minimum absolute atomic E-state index is 0.0985. The van der Waals surface area contributed by atoms with Gasteiger partial charge in [-0.2, -0.15) is 0 Å². The molecular formula is C46H75O12P. The summed E-state index contributed by atoms with van der Waals surface area (Å²) < 4.78 is 32.4. The Morgan fingerprint density at radius 3 is 1.61 bits per heavy atom. The Kier molecular flexibility index (Phi) is 38.1. The molecule has 13 heteroatoms. The first kappa shape index (κ1) is 55.8. The molecule has 0 aliphatic carbocycles. The predicted molar refractivity (Wildman–Crippen MR) is 235 cm³/mol. The van der Waals surface area contributed by atoms with Crippen molar-refractivity contribution in [2.45, 2.75) is 154 Å². The quantitative estimate of drug-likeness (QED) is 0.0172. The van der Waals surface area contributed by atoms with Crippen LogP contribution in [0.4, 0.5) is 0 Å². The smallest absolute Gasteiger partial charge is 0.462 e. The molecule has 0 aliphatic heterocycles. The van der Waals surface area contributed by atoms with Gasteiger partial charge < -0.3 is 34.8 Å². The second-order valence-corrected chi connectivity index (χ2v) is 15.4. The van der Waals surface area contributed by atoms with Gasteiger partial charge in [-0.3, -0.25) is 18.6 Å². The lowest BCUT2D eigenvalue weighted by Crippen LogP contribution is -2.30. The van der Waals surface area contributed by atoms with E-state index in [1.165, 1.54) is 19.3 Å². The Morgan fingerprint density at radius 2 is 1.07 bits per heavy atom. The zero-order valence-electron chi connectivity index (χ0n) is 35.6. The van der Waals surface area contributed by atoms with Crippen LogP contribution in [0.5, 0.6) is 0 Å². The zero-order valence-corrected chi connectivity index (χ0v) is 36.5. The molecule has 0 heterocycles. The minimum atomic E-state index is -4.72. The third-order valence-electron chi connectivity index (χ3n) is 8.42. The van der Waals surface area contributed by atoms with Crippen molar-refractivity contribution in [2.75, 3.05) is 26.4 Å². The number of hydrogen-bond acceptors (Lipinski definition) is 11. The second kappa shape index (κ2) is 40.2. The number of carbonyl (C=O) groups excluding carboxylic acids is 2. The number of unbranched alkanes of at least 4 members (excludes halogenated alkanes) is 4. The third-order valence-corrected chi connectivity index (χ3v) is 9.37. The van der Waals surface area contributed by atoms with Crippen LogP contribution in [0.2, 0.25) is 0 Å². The van der Waals surface area contributed by atoms with Crippen LogP contribution in [0.15, 0.2) is 97.2 Å². The number of allylic oxidation sites excluding steroid dienone is 15. The van der Waals surface area contributed by atoms with Crippen LogP contribution in [-0.2, 0) is 32.7 Å². The number of rotatable bonds is 38. The van der Waals surface area contributed by atoms with Crippen LogP contribution in [-0.4, -0.2) is 88.1 Å². The van der Waals surface area contributed by atoms with E-state index in [-0.39, 0.29) is 32.1 Å². The number of hydrogen-bond donors (Lipinski definition) is 5. The lowest BCUT2D eigenvalue weighted by molar-refractivity contribution is -0.161. The first-order chi connectivity index (χ1) is 28.5. The number of aliphatic hydroxyl groups is 4. The first-order valence-corrected chi connectivity index (χ1v) is 22.9. The summed E-state index contributed by atoms with van der Waals surface area (Å²) in [5.74, 6) is -1.29. The van der Waals surface area contributed by atoms with Crippen molar-refractivity contribution in [2.24, 2.45) is 0 Å². The molecule has 0 saturated heterocycles. The highest BCUT2D eigenvalue weighted by atomic mass is 31.2. The molecule has 0 aromatic rings. The number of phosphoric ester groups is 1. The van der Waals surface area contributed by atoms with E-state index in [1.807, 2.05) is 24.3 Å². The molecule has 0 spiro atoms. The SMILES string of the molecule is CC/C=C\C/C=C\C/C=C\C/C=C\C[C@@H](O)[C@H](O)CCCC(=O)O[C@H](COC(=O)CCC/C=C\C/C=C\C/C=C\C/C=C\CCCCC)COP(=O)(O)OC[C@@H](O)CO. The van der Waals surface area contributed by atoms with E-state index in [2.05, 4.69) is 85.2 Å². The Bertz CT molecular complexity index is 1330. The van der Waals surface area contributed by atoms with Crippen molar-refractivity contribution < 1.29 is 58.0 Å². The average Bonchev–Trinajstić information content (AvgIpc) is 3.22. The van der Waals surface area contributed by atoms with Crippen molar-refractivity contribution >= 4 is 19.8 Å². The molecule has 336 valence electrons. The standard InChI is InChI=1S/C46H75O12P/c1-3-5-7-9-11-13-15-17-18-19-20-21-23-25-27-29-31-35-45(51)55-39-42(40-57-59(53,54)56-38-41(48)37-47)58-46(52)36-32-34-44(50)43(49)33-30-28-26-24-22-16-14-12-10-8-6-4-2/h6,8,11-14,17-18,20-22,24-25,27-28,30,41-44,47-50H,3-5,7,9-10,15-16,19,23,26,29,31-40H2,1-2H3,(H,53,54)/b8-6-,13-11-,14-12-,18-17-,21-20-,24-22-,27-25-,30-28-/t41-,42+,43+,44+/m0/s1. The summed E-state index contributed by atoms with van der Waals surface area (Å²) in [7, 11) is -4.72. The fraction of sp³-hybridized carbons (Fsp3) is 0.609. The van der Waals surface area contributed by atoms with Gasteiger partial charge in [-0.25, -0.2) is 4.57 Å². The number of carbonyl (C=O) groups is 2. The summed E-state index contributed by atoms with van der Waals surface area (Å²) in [6.45, 7) is 1.81. The molecule has 0 rings (SSSR count). The summed E-state index contributed by atoms with van der Waals surface area (Å²) in [4.78, 5) is 35.0. The van der Waals surface area contributed by atoms with E-state index < -0.39 is 70.6 Å². The van der Waals surface area contributed by atoms with Crippen molar-refractivity contribution in [3.05, 3.63) is 97.2 Å². The molecule has 0 aromatic carbocycles. The number of phosphoric acid groups is 1. The maximum Gasteiger partial charge on any atom is 0.472 e. The minimum Gasteiger partial charge on any atom is -0.462 e. The van der Waals surface area contributed by atoms with Crippen molar-refractivity contribution in [1.82, 2.24) is 0 Å². The summed E-state index contributed by atoms with van der Waals surface area (Å²) in [6.07, 6.45) is 41.2. The van der Waals surface area contributed by atoms with Crippen LogP contribution < -0.4 is 0 Å². The maximum absolute atomic E-state index is 12.6. The van der Waals surface area contributed by atoms with Gasteiger partial charge in [-0.15, -0.1) is 0 Å². The van der Waals surface area contributed by atoms with Crippen LogP contribution in [0, 0.1) is 0 Å². The molecule has 0 bridgehead atoms. The Balaban J connectivity index is 4.67. The van der Waals surface area contributed by atoms with Gasteiger partial charge >= 0.3 is 19.8 Å². The van der Waals surface area contributed by atoms with E-state index in [4.69, 9.17) is 19.1 Å². The molecule has 0 aromatic heterocycles. The normalized spacial score (nSPS) is 15.8. The fourth-order valence-electron chi connectivity index (χ4n) is 5.01. The highest BCUT2D eigenvalue weighted by Gasteiger charge is 2.27. The van der Waals surface area contributed by atoms with Gasteiger partial charge in [0.1, 0.15) is 12.7 Å². The first-order valence-electron chi connectivity index (χ1n) is 21.4. The van der Waals surface area contributed by atoms with Crippen LogP contribution in [0.3, 0.4) is 0 Å². The van der Waals surface area contributed by atoms with E-state index in [0.29, 0.717) is 19.3 Å². The summed E-state index contributed by atoms with van der Waals surface area (Å²) in [5.41, 5.74) is 0. The van der Waals surface area contributed by atoms with Crippen molar-refractivity contribution in [3.63, 3.8) is 0 Å². The zero-order chi connectivity index (χ0) is 43.7. The van der Waals surface area contributed by atoms with Gasteiger partial charge in [-0.05, 0) is 89.9 Å². The highest BCUT2D eigenvalue weighted by Crippen LogP contribution is 2.43. The highest BCUT2D eigenvalue weighted by molar-refractivity contribution is 7.47. The fourth-order valence-corrected chi connectivity index (χ4v) is 5.80. The summed E-state index contributed by atoms with van der Waals surface area (Å²) >= 11 is 0. The Labute approximate surface area is 354 Å². The number of ether oxygens (including phenoxy) is 2. The molecule has 0 fully saturated rings. The summed E-state index contributed by atoms with van der Waals surface area (Å²) in [6, 6.07) is 0. The molecule has 5 atom stereocenters. The van der Waals surface area contributed by atoms with Crippen molar-refractivity contribution in [3.8, 4) is 0 Å². The van der Waals surface area contributed by atoms with E-state index in [1.54, 1.807) is 6.08 Å². The second-order valence-electron chi connectivity index (χ2n) is 13.9. The van der Waals surface area contributed by atoms with Gasteiger partial charge in [-0.1, -0.05) is 124 Å². The average molecular weight is 851 g/mol. The molecule has 1 unspecified atom stereocenters. The molecule has 12 nitrogen and oxygen atoms in total. The van der Waals surface area contributed by atoms with Gasteiger partial charge in [0, 0.05) is 12.8 Å². The van der Waals surface area contributed by atoms with Gasteiger partial charge in [0.2, 0.25) is 0 Å². The molecule has 0 amide bonds. The lowest BCUT2D eigenvalue weighted by Gasteiger charge is -2.20. The maximum atomic E-state index is 12.6. The van der Waals surface area contributed by atoms with E-state index >= 15 is 0 Å². The third kappa shape index (κ3) is 38.7. The summed E-state index contributed by atoms with van der Waals surface area (Å²) in [5, 5.41) is 39.0. The molecule has 0 saturated carbocycles. The molecule has 59 heavy (non-hydrogen) atoms. The van der Waals surface area contributed by atoms with E-state index in [0.717, 1.165) is 44.9 Å². The largest absolute Gasteiger partial charge is 0.472 e. The van der Waals surface area contributed by atoms with Crippen molar-refractivity contribution in [1.29, 1.82) is 0 Å². The molecule has 0 radical (unpaired) electrons. The van der Waals surface area contributed by atoms with Crippen LogP contribution in [0.1, 0.15) is 129 Å².